The van der Waals surface area contributed by atoms with Crippen LogP contribution in [-0.2, 0) is 6.42 Å². The van der Waals surface area contributed by atoms with Gasteiger partial charge < -0.3 is 5.73 Å². The molecule has 2 rings (SSSR count). The Kier molecular flexibility index (Phi) is 5.62. The molecular weight excluding hydrogens is 244 g/mol. The van der Waals surface area contributed by atoms with E-state index in [1.54, 1.807) is 0 Å². The van der Waals surface area contributed by atoms with Crippen molar-refractivity contribution in [3.63, 3.8) is 0 Å². The van der Waals surface area contributed by atoms with Crippen LogP contribution in [0.5, 0.6) is 0 Å². The Labute approximate surface area is 124 Å². The van der Waals surface area contributed by atoms with Crippen LogP contribution in [-0.4, -0.2) is 24.0 Å². The third kappa shape index (κ3) is 3.83. The SMILES string of the molecule is CCc1ccc(C2C(N)CCCCN2CC(C)C)cc1. The van der Waals surface area contributed by atoms with Gasteiger partial charge in [-0.15, -0.1) is 0 Å². The molecule has 1 aromatic rings. The molecule has 0 spiro atoms. The summed E-state index contributed by atoms with van der Waals surface area (Å²) in [7, 11) is 0. The third-order valence-electron chi connectivity index (χ3n) is 4.36. The summed E-state index contributed by atoms with van der Waals surface area (Å²) in [5.74, 6) is 0.692. The zero-order valence-corrected chi connectivity index (χ0v) is 13.3. The van der Waals surface area contributed by atoms with E-state index < -0.39 is 0 Å². The summed E-state index contributed by atoms with van der Waals surface area (Å²) >= 11 is 0. The number of hydrogen-bond donors (Lipinski definition) is 1. The Morgan fingerprint density at radius 2 is 1.90 bits per heavy atom. The number of nitrogens with two attached hydrogens (primary N) is 1. The summed E-state index contributed by atoms with van der Waals surface area (Å²) in [6.07, 6.45) is 4.80. The van der Waals surface area contributed by atoms with Gasteiger partial charge in [0, 0.05) is 18.6 Å². The highest BCUT2D eigenvalue weighted by Crippen LogP contribution is 2.30. The van der Waals surface area contributed by atoms with Crippen LogP contribution in [0.2, 0.25) is 0 Å². The average Bonchev–Trinajstić information content (AvgIpc) is 2.60. The molecule has 1 heterocycles. The Bertz CT molecular complexity index is 396. The van der Waals surface area contributed by atoms with E-state index in [-0.39, 0.29) is 6.04 Å². The quantitative estimate of drug-likeness (QED) is 0.906. The molecule has 0 amide bonds. The van der Waals surface area contributed by atoms with Crippen LogP contribution >= 0.6 is 0 Å². The Morgan fingerprint density at radius 3 is 2.50 bits per heavy atom. The van der Waals surface area contributed by atoms with Crippen LogP contribution in [0.1, 0.15) is 57.2 Å². The molecule has 0 aliphatic carbocycles. The molecule has 2 unspecified atom stereocenters. The number of benzene rings is 1. The smallest absolute Gasteiger partial charge is 0.0499 e. The number of rotatable bonds is 4. The van der Waals surface area contributed by atoms with Gasteiger partial charge in [0.05, 0.1) is 0 Å². The Hall–Kier alpha value is -0.860. The summed E-state index contributed by atoms with van der Waals surface area (Å²) in [6, 6.07) is 9.78. The van der Waals surface area contributed by atoms with E-state index in [9.17, 15) is 0 Å². The molecule has 0 radical (unpaired) electrons. The lowest BCUT2D eigenvalue weighted by Gasteiger charge is -2.35. The monoisotopic (exact) mass is 274 g/mol. The molecule has 2 N–H and O–H groups in total. The minimum absolute atomic E-state index is 0.267. The van der Waals surface area contributed by atoms with Crippen LogP contribution in [0, 0.1) is 5.92 Å². The lowest BCUT2D eigenvalue weighted by atomic mass is 9.94. The summed E-state index contributed by atoms with van der Waals surface area (Å²) < 4.78 is 0. The first-order valence-corrected chi connectivity index (χ1v) is 8.20. The summed E-state index contributed by atoms with van der Waals surface area (Å²) in [5.41, 5.74) is 9.31. The standard InChI is InChI=1S/C18H30N2/c1-4-15-8-10-16(11-9-15)18-17(19)7-5-6-12-20(18)13-14(2)3/h8-11,14,17-18H,4-7,12-13,19H2,1-3H3. The van der Waals surface area contributed by atoms with Gasteiger partial charge in [0.1, 0.15) is 0 Å². The maximum Gasteiger partial charge on any atom is 0.0499 e. The molecule has 2 nitrogen and oxygen atoms in total. The van der Waals surface area contributed by atoms with Gasteiger partial charge in [-0.3, -0.25) is 4.90 Å². The van der Waals surface area contributed by atoms with Gasteiger partial charge in [-0.2, -0.15) is 0 Å². The molecule has 1 aliphatic rings. The highest BCUT2D eigenvalue weighted by molar-refractivity contribution is 5.26. The summed E-state index contributed by atoms with van der Waals surface area (Å²) in [4.78, 5) is 2.61. The normalized spacial score (nSPS) is 24.9. The molecule has 1 aromatic carbocycles. The van der Waals surface area contributed by atoms with Crippen LogP contribution in [0.4, 0.5) is 0 Å². The zero-order chi connectivity index (χ0) is 14.5. The van der Waals surface area contributed by atoms with Crippen molar-refractivity contribution >= 4 is 0 Å². The van der Waals surface area contributed by atoms with E-state index in [1.165, 1.54) is 30.5 Å². The molecule has 2 atom stereocenters. The molecule has 0 bridgehead atoms. The predicted octanol–water partition coefficient (Wildman–Crippen LogP) is 3.76. The number of likely N-dealkylation sites (tertiary alicyclic amines) is 1. The maximum absolute atomic E-state index is 6.51. The van der Waals surface area contributed by atoms with E-state index in [4.69, 9.17) is 5.73 Å². The second kappa shape index (κ2) is 7.24. The molecule has 2 heteroatoms. The lowest BCUT2D eigenvalue weighted by Crippen LogP contribution is -2.41. The van der Waals surface area contributed by atoms with Crippen molar-refractivity contribution in [2.75, 3.05) is 13.1 Å². The van der Waals surface area contributed by atoms with E-state index in [0.717, 1.165) is 19.4 Å². The number of hydrogen-bond acceptors (Lipinski definition) is 2. The van der Waals surface area contributed by atoms with Crippen LogP contribution in [0.15, 0.2) is 24.3 Å². The van der Waals surface area contributed by atoms with Crippen molar-refractivity contribution in [2.45, 2.75) is 58.5 Å². The third-order valence-corrected chi connectivity index (χ3v) is 4.36. The first-order chi connectivity index (χ1) is 9.61. The van der Waals surface area contributed by atoms with Crippen LogP contribution in [0.25, 0.3) is 0 Å². The maximum atomic E-state index is 6.51. The highest BCUT2D eigenvalue weighted by Gasteiger charge is 2.28. The molecule has 1 fully saturated rings. The minimum atomic E-state index is 0.267. The van der Waals surface area contributed by atoms with Gasteiger partial charge in [0.15, 0.2) is 0 Å². The molecule has 112 valence electrons. The Balaban J connectivity index is 2.24. The van der Waals surface area contributed by atoms with Crippen molar-refractivity contribution in [2.24, 2.45) is 11.7 Å². The first-order valence-electron chi connectivity index (χ1n) is 8.20. The van der Waals surface area contributed by atoms with Crippen LogP contribution in [0.3, 0.4) is 0 Å². The summed E-state index contributed by atoms with van der Waals surface area (Å²) in [5, 5.41) is 0. The van der Waals surface area contributed by atoms with Crippen molar-refractivity contribution < 1.29 is 0 Å². The van der Waals surface area contributed by atoms with Crippen LogP contribution < -0.4 is 5.73 Å². The van der Waals surface area contributed by atoms with Gasteiger partial charge in [-0.05, 0) is 42.9 Å². The van der Waals surface area contributed by atoms with E-state index in [0.29, 0.717) is 12.0 Å². The fraction of sp³-hybridized carbons (Fsp3) is 0.667. The second-order valence-corrected chi connectivity index (χ2v) is 6.59. The lowest BCUT2D eigenvalue weighted by molar-refractivity contribution is 0.165. The molecule has 1 saturated heterocycles. The van der Waals surface area contributed by atoms with E-state index in [1.807, 2.05) is 0 Å². The van der Waals surface area contributed by atoms with Gasteiger partial charge >= 0.3 is 0 Å². The van der Waals surface area contributed by atoms with Crippen molar-refractivity contribution in [1.29, 1.82) is 0 Å². The molecule has 0 aromatic heterocycles. The highest BCUT2D eigenvalue weighted by atomic mass is 15.2. The molecule has 0 saturated carbocycles. The fourth-order valence-corrected chi connectivity index (χ4v) is 3.35. The van der Waals surface area contributed by atoms with Gasteiger partial charge in [-0.1, -0.05) is 51.5 Å². The number of nitrogens with zero attached hydrogens (tertiary/aromatic N) is 1. The molecule has 20 heavy (non-hydrogen) atoms. The van der Waals surface area contributed by atoms with Crippen molar-refractivity contribution in [3.05, 3.63) is 35.4 Å². The fourth-order valence-electron chi connectivity index (χ4n) is 3.35. The van der Waals surface area contributed by atoms with Gasteiger partial charge in [0.25, 0.3) is 0 Å². The molecule has 1 aliphatic heterocycles. The average molecular weight is 274 g/mol. The molecular formula is C18H30N2. The van der Waals surface area contributed by atoms with Crippen molar-refractivity contribution in [3.8, 4) is 0 Å². The minimum Gasteiger partial charge on any atom is -0.326 e. The van der Waals surface area contributed by atoms with Gasteiger partial charge in [0.2, 0.25) is 0 Å². The largest absolute Gasteiger partial charge is 0.326 e. The topological polar surface area (TPSA) is 29.3 Å². The van der Waals surface area contributed by atoms with E-state index >= 15 is 0 Å². The van der Waals surface area contributed by atoms with Gasteiger partial charge in [-0.25, -0.2) is 0 Å². The predicted molar refractivity (Wildman–Crippen MR) is 86.8 cm³/mol. The number of aryl methyl sites for hydroxylation is 1. The Morgan fingerprint density at radius 1 is 1.20 bits per heavy atom. The van der Waals surface area contributed by atoms with E-state index in [2.05, 4.69) is 49.9 Å². The zero-order valence-electron chi connectivity index (χ0n) is 13.3. The first kappa shape index (κ1) is 15.5. The summed E-state index contributed by atoms with van der Waals surface area (Å²) in [6.45, 7) is 9.14. The van der Waals surface area contributed by atoms with Crippen molar-refractivity contribution in [1.82, 2.24) is 4.90 Å². The second-order valence-electron chi connectivity index (χ2n) is 6.59.